The lowest BCUT2D eigenvalue weighted by Gasteiger charge is -2.35. The van der Waals surface area contributed by atoms with Gasteiger partial charge in [0.05, 0.1) is 0 Å². The molecule has 0 radical (unpaired) electrons. The van der Waals surface area contributed by atoms with Gasteiger partial charge in [-0.15, -0.1) is 0 Å². The van der Waals surface area contributed by atoms with Crippen LogP contribution in [0.15, 0.2) is 0 Å². The summed E-state index contributed by atoms with van der Waals surface area (Å²) >= 11 is 0. The second-order valence-electron chi connectivity index (χ2n) is 4.26. The van der Waals surface area contributed by atoms with Crippen LogP contribution in [0.2, 0.25) is 0 Å². The van der Waals surface area contributed by atoms with Crippen LogP contribution in [0.3, 0.4) is 0 Å². The van der Waals surface area contributed by atoms with E-state index < -0.39 is 0 Å². The van der Waals surface area contributed by atoms with E-state index in [0.29, 0.717) is 6.04 Å². The van der Waals surface area contributed by atoms with Crippen LogP contribution in [0.5, 0.6) is 0 Å². The number of nitrogens with two attached hydrogens (primary N) is 1. The van der Waals surface area contributed by atoms with Crippen LogP contribution in [-0.4, -0.2) is 30.1 Å². The van der Waals surface area contributed by atoms with Gasteiger partial charge < -0.3 is 5.73 Å². The van der Waals surface area contributed by atoms with E-state index in [9.17, 15) is 0 Å². The Bertz CT molecular complexity index is 141. The molecule has 2 heteroatoms. The van der Waals surface area contributed by atoms with E-state index in [1.807, 2.05) is 0 Å². The summed E-state index contributed by atoms with van der Waals surface area (Å²) in [5.41, 5.74) is 6.12. The lowest BCUT2D eigenvalue weighted by Crippen LogP contribution is -2.48. The van der Waals surface area contributed by atoms with Crippen molar-refractivity contribution in [2.45, 2.75) is 50.6 Å². The first-order valence-electron chi connectivity index (χ1n) is 5.37. The highest BCUT2D eigenvalue weighted by molar-refractivity contribution is 4.87. The highest BCUT2D eigenvalue weighted by Crippen LogP contribution is 2.24. The molecule has 0 amide bonds. The summed E-state index contributed by atoms with van der Waals surface area (Å²) in [6, 6.07) is 1.19. The quantitative estimate of drug-likeness (QED) is 0.640. The van der Waals surface area contributed by atoms with Crippen LogP contribution in [0, 0.1) is 0 Å². The van der Waals surface area contributed by atoms with E-state index in [1.54, 1.807) is 0 Å². The maximum atomic E-state index is 6.12. The zero-order chi connectivity index (χ0) is 8.39. The molecular weight excluding hydrogens is 148 g/mol. The second kappa shape index (κ2) is 3.75. The van der Waals surface area contributed by atoms with E-state index in [-0.39, 0.29) is 0 Å². The molecule has 2 rings (SSSR count). The van der Waals surface area contributed by atoms with Crippen molar-refractivity contribution in [2.75, 3.05) is 13.1 Å². The predicted molar refractivity (Wildman–Crippen MR) is 51.0 cm³/mol. The summed E-state index contributed by atoms with van der Waals surface area (Å²) in [7, 11) is 0. The lowest BCUT2D eigenvalue weighted by atomic mass is 9.90. The van der Waals surface area contributed by atoms with Crippen LogP contribution in [0.4, 0.5) is 0 Å². The second-order valence-corrected chi connectivity index (χ2v) is 4.26. The monoisotopic (exact) mass is 168 g/mol. The summed E-state index contributed by atoms with van der Waals surface area (Å²) in [6.45, 7) is 2.61. The molecule has 0 aromatic rings. The molecule has 0 aromatic carbocycles. The number of rotatable bonds is 1. The van der Waals surface area contributed by atoms with Gasteiger partial charge in [-0.3, -0.25) is 4.90 Å². The third-order valence-electron chi connectivity index (χ3n) is 3.39. The zero-order valence-electron chi connectivity index (χ0n) is 7.84. The maximum absolute atomic E-state index is 6.12. The summed E-state index contributed by atoms with van der Waals surface area (Å²) in [6.07, 6.45) is 8.13. The van der Waals surface area contributed by atoms with Crippen LogP contribution in [-0.2, 0) is 0 Å². The minimum absolute atomic E-state index is 0.469. The molecule has 2 N–H and O–H groups in total. The van der Waals surface area contributed by atoms with Gasteiger partial charge in [-0.05, 0) is 38.8 Å². The van der Waals surface area contributed by atoms with Crippen molar-refractivity contribution in [1.82, 2.24) is 4.90 Å². The highest BCUT2D eigenvalue weighted by Gasteiger charge is 2.28. The molecule has 0 bridgehead atoms. The number of nitrogens with zero attached hydrogens (tertiary/aromatic N) is 1. The molecule has 2 atom stereocenters. The van der Waals surface area contributed by atoms with Gasteiger partial charge in [0.2, 0.25) is 0 Å². The van der Waals surface area contributed by atoms with E-state index in [2.05, 4.69) is 4.90 Å². The summed E-state index contributed by atoms with van der Waals surface area (Å²) in [4.78, 5) is 2.61. The lowest BCUT2D eigenvalue weighted by molar-refractivity contribution is 0.168. The van der Waals surface area contributed by atoms with Crippen LogP contribution in [0.1, 0.15) is 38.5 Å². The molecule has 1 saturated heterocycles. The van der Waals surface area contributed by atoms with Crippen molar-refractivity contribution >= 4 is 0 Å². The van der Waals surface area contributed by atoms with Crippen molar-refractivity contribution in [3.05, 3.63) is 0 Å². The Balaban J connectivity index is 1.91. The van der Waals surface area contributed by atoms with E-state index in [1.165, 1.54) is 51.6 Å². The molecule has 1 saturated carbocycles. The molecular formula is C10H20N2. The number of hydrogen-bond donors (Lipinski definition) is 1. The van der Waals surface area contributed by atoms with Crippen molar-refractivity contribution in [2.24, 2.45) is 5.73 Å². The van der Waals surface area contributed by atoms with Crippen LogP contribution in [0.25, 0.3) is 0 Å². The standard InChI is InChI=1S/C10H20N2/c11-9-5-1-2-6-10(9)12-7-3-4-8-12/h9-10H,1-8,11H2/t9-,10-/m1/s1. The average molecular weight is 168 g/mol. The predicted octanol–water partition coefficient (Wildman–Crippen LogP) is 1.35. The van der Waals surface area contributed by atoms with Gasteiger partial charge in [-0.25, -0.2) is 0 Å². The Hall–Kier alpha value is -0.0800. The smallest absolute Gasteiger partial charge is 0.0247 e. The van der Waals surface area contributed by atoms with Gasteiger partial charge in [0.15, 0.2) is 0 Å². The average Bonchev–Trinajstić information content (AvgIpc) is 2.57. The van der Waals surface area contributed by atoms with Gasteiger partial charge in [0.25, 0.3) is 0 Å². The molecule has 2 aliphatic rings. The third kappa shape index (κ3) is 1.64. The van der Waals surface area contributed by atoms with Gasteiger partial charge >= 0.3 is 0 Å². The molecule has 1 aliphatic heterocycles. The summed E-state index contributed by atoms with van der Waals surface area (Å²) < 4.78 is 0. The van der Waals surface area contributed by atoms with Gasteiger partial charge in [-0.2, -0.15) is 0 Å². The fourth-order valence-corrected chi connectivity index (χ4v) is 2.67. The largest absolute Gasteiger partial charge is 0.326 e. The summed E-state index contributed by atoms with van der Waals surface area (Å²) in [5, 5.41) is 0. The highest BCUT2D eigenvalue weighted by atomic mass is 15.2. The molecule has 70 valence electrons. The first kappa shape index (κ1) is 8.52. The van der Waals surface area contributed by atoms with E-state index in [0.717, 1.165) is 6.04 Å². The van der Waals surface area contributed by atoms with Gasteiger partial charge in [-0.1, -0.05) is 12.8 Å². The molecule has 0 unspecified atom stereocenters. The van der Waals surface area contributed by atoms with E-state index >= 15 is 0 Å². The molecule has 1 heterocycles. The Morgan fingerprint density at radius 3 is 2.25 bits per heavy atom. The fourth-order valence-electron chi connectivity index (χ4n) is 2.67. The topological polar surface area (TPSA) is 29.3 Å². The maximum Gasteiger partial charge on any atom is 0.0247 e. The number of hydrogen-bond acceptors (Lipinski definition) is 2. The van der Waals surface area contributed by atoms with Crippen molar-refractivity contribution in [3.8, 4) is 0 Å². The van der Waals surface area contributed by atoms with Gasteiger partial charge in [0.1, 0.15) is 0 Å². The Morgan fingerprint density at radius 1 is 0.917 bits per heavy atom. The molecule has 2 nitrogen and oxygen atoms in total. The van der Waals surface area contributed by atoms with Gasteiger partial charge in [0, 0.05) is 12.1 Å². The first-order valence-corrected chi connectivity index (χ1v) is 5.37. The van der Waals surface area contributed by atoms with Crippen molar-refractivity contribution in [3.63, 3.8) is 0 Å². The Labute approximate surface area is 75.1 Å². The molecule has 0 aromatic heterocycles. The minimum Gasteiger partial charge on any atom is -0.326 e. The minimum atomic E-state index is 0.469. The fraction of sp³-hybridized carbons (Fsp3) is 1.00. The van der Waals surface area contributed by atoms with Crippen LogP contribution >= 0.6 is 0 Å². The Morgan fingerprint density at radius 2 is 1.58 bits per heavy atom. The molecule has 0 spiro atoms. The molecule has 2 fully saturated rings. The van der Waals surface area contributed by atoms with Crippen LogP contribution < -0.4 is 5.73 Å². The SMILES string of the molecule is N[C@@H]1CCCC[C@H]1N1CCCC1. The summed E-state index contributed by atoms with van der Waals surface area (Å²) in [5.74, 6) is 0. The van der Waals surface area contributed by atoms with Crippen molar-refractivity contribution < 1.29 is 0 Å². The third-order valence-corrected chi connectivity index (χ3v) is 3.39. The van der Waals surface area contributed by atoms with Crippen molar-refractivity contribution in [1.29, 1.82) is 0 Å². The molecule has 12 heavy (non-hydrogen) atoms. The normalized spacial score (nSPS) is 38.8. The number of likely N-dealkylation sites (tertiary alicyclic amines) is 1. The van der Waals surface area contributed by atoms with E-state index in [4.69, 9.17) is 5.73 Å². The zero-order valence-corrected chi connectivity index (χ0v) is 7.84. The first-order chi connectivity index (χ1) is 5.88. The molecule has 1 aliphatic carbocycles. The Kier molecular flexibility index (Phi) is 2.66.